The lowest BCUT2D eigenvalue weighted by Crippen LogP contribution is -2.33. The van der Waals surface area contributed by atoms with Crippen LogP contribution in [0.3, 0.4) is 0 Å². The third-order valence-corrected chi connectivity index (χ3v) is 2.78. The van der Waals surface area contributed by atoms with Crippen LogP contribution in [0.4, 0.5) is 0 Å². The van der Waals surface area contributed by atoms with Crippen molar-refractivity contribution >= 4 is 5.91 Å². The number of benzene rings is 1. The van der Waals surface area contributed by atoms with Crippen LogP contribution in [0.5, 0.6) is 0 Å². The monoisotopic (exact) mass is 257 g/mol. The summed E-state index contributed by atoms with van der Waals surface area (Å²) in [6.45, 7) is 1.88. The normalized spacial score (nSPS) is 11.8. The number of carbonyl (C=O) groups excluding carboxylic acids is 1. The van der Waals surface area contributed by atoms with E-state index in [0.717, 1.165) is 5.56 Å². The number of hydrogen-bond donors (Lipinski definition) is 1. The maximum atomic E-state index is 11.8. The standard InChI is InChI=1S/C14H15N3O2/c1-11(12-5-3-2-4-6-12)16-13(18)9-17-10-15-8-7-14(17)19/h2-8,10-11H,9H2,1H3,(H,16,18). The van der Waals surface area contributed by atoms with E-state index < -0.39 is 0 Å². The number of rotatable bonds is 4. The molecule has 0 saturated carbocycles. The summed E-state index contributed by atoms with van der Waals surface area (Å²) in [5.74, 6) is -0.216. The zero-order valence-electron chi connectivity index (χ0n) is 10.6. The molecule has 0 spiro atoms. The molecule has 1 amide bonds. The summed E-state index contributed by atoms with van der Waals surface area (Å²) in [6.07, 6.45) is 2.76. The first-order valence-electron chi connectivity index (χ1n) is 6.01. The maximum absolute atomic E-state index is 11.8. The van der Waals surface area contributed by atoms with Crippen molar-refractivity contribution in [1.29, 1.82) is 0 Å². The first kappa shape index (κ1) is 13.0. The van der Waals surface area contributed by atoms with Gasteiger partial charge in [0.1, 0.15) is 6.54 Å². The van der Waals surface area contributed by atoms with E-state index >= 15 is 0 Å². The Morgan fingerprint density at radius 3 is 2.74 bits per heavy atom. The van der Waals surface area contributed by atoms with Gasteiger partial charge in [0.25, 0.3) is 5.56 Å². The van der Waals surface area contributed by atoms with E-state index in [9.17, 15) is 9.59 Å². The number of carbonyl (C=O) groups is 1. The Bertz CT molecular complexity index is 607. The highest BCUT2D eigenvalue weighted by Gasteiger charge is 2.09. The fraction of sp³-hybridized carbons (Fsp3) is 0.214. The molecule has 5 nitrogen and oxygen atoms in total. The first-order valence-corrected chi connectivity index (χ1v) is 6.01. The lowest BCUT2D eigenvalue weighted by Gasteiger charge is -2.14. The van der Waals surface area contributed by atoms with Gasteiger partial charge in [-0.05, 0) is 12.5 Å². The summed E-state index contributed by atoms with van der Waals surface area (Å²) in [7, 11) is 0. The molecule has 2 rings (SSSR count). The van der Waals surface area contributed by atoms with Crippen LogP contribution in [-0.2, 0) is 11.3 Å². The Balaban J connectivity index is 1.99. The number of nitrogens with zero attached hydrogens (tertiary/aromatic N) is 2. The van der Waals surface area contributed by atoms with E-state index in [1.54, 1.807) is 0 Å². The predicted octanol–water partition coefficient (Wildman–Crippen LogP) is 1.12. The molecule has 1 aromatic carbocycles. The van der Waals surface area contributed by atoms with Crippen LogP contribution < -0.4 is 10.9 Å². The van der Waals surface area contributed by atoms with Crippen molar-refractivity contribution in [1.82, 2.24) is 14.9 Å². The van der Waals surface area contributed by atoms with Crippen LogP contribution >= 0.6 is 0 Å². The summed E-state index contributed by atoms with van der Waals surface area (Å²) < 4.78 is 1.27. The van der Waals surface area contributed by atoms with Gasteiger partial charge in [-0.25, -0.2) is 4.98 Å². The van der Waals surface area contributed by atoms with Crippen LogP contribution in [0.25, 0.3) is 0 Å². The Morgan fingerprint density at radius 1 is 1.32 bits per heavy atom. The number of amides is 1. The van der Waals surface area contributed by atoms with Gasteiger partial charge < -0.3 is 5.32 Å². The van der Waals surface area contributed by atoms with Crippen molar-refractivity contribution in [2.45, 2.75) is 19.5 Å². The molecule has 0 saturated heterocycles. The van der Waals surface area contributed by atoms with Crippen molar-refractivity contribution in [3.05, 3.63) is 64.8 Å². The molecule has 1 aromatic heterocycles. The second kappa shape index (κ2) is 5.95. The zero-order valence-corrected chi connectivity index (χ0v) is 10.6. The molecule has 1 heterocycles. The summed E-state index contributed by atoms with van der Waals surface area (Å²) in [6, 6.07) is 10.9. The lowest BCUT2D eigenvalue weighted by atomic mass is 10.1. The van der Waals surface area contributed by atoms with Crippen molar-refractivity contribution in [3.8, 4) is 0 Å². The molecule has 1 atom stereocenters. The van der Waals surface area contributed by atoms with Gasteiger partial charge in [0.05, 0.1) is 12.4 Å². The van der Waals surface area contributed by atoms with E-state index in [1.807, 2.05) is 37.3 Å². The summed E-state index contributed by atoms with van der Waals surface area (Å²) in [5.41, 5.74) is 0.784. The van der Waals surface area contributed by atoms with Gasteiger partial charge in [0.15, 0.2) is 0 Å². The Hall–Kier alpha value is -2.43. The summed E-state index contributed by atoms with van der Waals surface area (Å²) in [4.78, 5) is 27.1. The topological polar surface area (TPSA) is 64.0 Å². The van der Waals surface area contributed by atoms with Crippen molar-refractivity contribution in [2.24, 2.45) is 0 Å². The van der Waals surface area contributed by atoms with Crippen molar-refractivity contribution in [3.63, 3.8) is 0 Å². The molecule has 1 unspecified atom stereocenters. The molecule has 0 aliphatic heterocycles. The predicted molar refractivity (Wildman–Crippen MR) is 71.5 cm³/mol. The Morgan fingerprint density at radius 2 is 2.05 bits per heavy atom. The largest absolute Gasteiger partial charge is 0.348 e. The molecular formula is C14H15N3O2. The first-order chi connectivity index (χ1) is 9.16. The van der Waals surface area contributed by atoms with E-state index in [2.05, 4.69) is 10.3 Å². The molecule has 2 aromatic rings. The quantitative estimate of drug-likeness (QED) is 0.892. The molecule has 5 heteroatoms. The molecule has 1 N–H and O–H groups in total. The highest BCUT2D eigenvalue weighted by Crippen LogP contribution is 2.10. The Labute approximate surface area is 110 Å². The van der Waals surface area contributed by atoms with Crippen LogP contribution in [0.1, 0.15) is 18.5 Å². The molecular weight excluding hydrogens is 242 g/mol. The van der Waals surface area contributed by atoms with Gasteiger partial charge in [-0.3, -0.25) is 14.2 Å². The molecule has 19 heavy (non-hydrogen) atoms. The smallest absolute Gasteiger partial charge is 0.253 e. The van der Waals surface area contributed by atoms with Gasteiger partial charge >= 0.3 is 0 Å². The highest BCUT2D eigenvalue weighted by atomic mass is 16.2. The maximum Gasteiger partial charge on any atom is 0.253 e. The number of aromatic nitrogens is 2. The zero-order chi connectivity index (χ0) is 13.7. The molecule has 0 aliphatic carbocycles. The molecule has 0 radical (unpaired) electrons. The van der Waals surface area contributed by atoms with Crippen LogP contribution in [0.2, 0.25) is 0 Å². The highest BCUT2D eigenvalue weighted by molar-refractivity contribution is 5.76. The number of nitrogens with one attached hydrogen (secondary N) is 1. The van der Waals surface area contributed by atoms with Gasteiger partial charge in [-0.1, -0.05) is 30.3 Å². The summed E-state index contributed by atoms with van der Waals surface area (Å²) >= 11 is 0. The van der Waals surface area contributed by atoms with Gasteiger partial charge in [-0.15, -0.1) is 0 Å². The lowest BCUT2D eigenvalue weighted by molar-refractivity contribution is -0.122. The van der Waals surface area contributed by atoms with Gasteiger partial charge in [0.2, 0.25) is 5.91 Å². The fourth-order valence-corrected chi connectivity index (χ4v) is 1.76. The third kappa shape index (κ3) is 3.51. The average molecular weight is 257 g/mol. The van der Waals surface area contributed by atoms with Crippen molar-refractivity contribution < 1.29 is 4.79 Å². The van der Waals surface area contributed by atoms with Crippen LogP contribution in [-0.4, -0.2) is 15.5 Å². The van der Waals surface area contributed by atoms with E-state index in [0.29, 0.717) is 0 Å². The van der Waals surface area contributed by atoms with Crippen LogP contribution in [0, 0.1) is 0 Å². The second-order valence-corrected chi connectivity index (χ2v) is 4.25. The van der Waals surface area contributed by atoms with E-state index in [4.69, 9.17) is 0 Å². The molecule has 0 bridgehead atoms. The Kier molecular flexibility index (Phi) is 4.07. The average Bonchev–Trinajstić information content (AvgIpc) is 2.42. The van der Waals surface area contributed by atoms with Gasteiger partial charge in [0, 0.05) is 12.3 Å². The summed E-state index contributed by atoms with van der Waals surface area (Å²) in [5, 5.41) is 2.85. The minimum absolute atomic E-state index is 0.0240. The number of hydrogen-bond acceptors (Lipinski definition) is 3. The molecule has 0 aliphatic rings. The van der Waals surface area contributed by atoms with Gasteiger partial charge in [-0.2, -0.15) is 0 Å². The minimum atomic E-state index is -0.238. The van der Waals surface area contributed by atoms with Crippen LogP contribution in [0.15, 0.2) is 53.7 Å². The molecule has 98 valence electrons. The van der Waals surface area contributed by atoms with E-state index in [-0.39, 0.29) is 24.1 Å². The second-order valence-electron chi connectivity index (χ2n) is 4.25. The van der Waals surface area contributed by atoms with E-state index in [1.165, 1.54) is 23.2 Å². The molecule has 0 fully saturated rings. The minimum Gasteiger partial charge on any atom is -0.348 e. The third-order valence-electron chi connectivity index (χ3n) is 2.78. The SMILES string of the molecule is CC(NC(=O)Cn1cnccc1=O)c1ccccc1. The fourth-order valence-electron chi connectivity index (χ4n) is 1.76. The van der Waals surface area contributed by atoms with Crippen molar-refractivity contribution in [2.75, 3.05) is 0 Å².